The van der Waals surface area contributed by atoms with E-state index in [0.717, 1.165) is 5.69 Å². The number of anilines is 3. The Kier molecular flexibility index (Phi) is 2.55. The first kappa shape index (κ1) is 10.2. The summed E-state index contributed by atoms with van der Waals surface area (Å²) in [5.41, 5.74) is 7.27. The number of hydrogen-bond donors (Lipinski definition) is 4. The summed E-state index contributed by atoms with van der Waals surface area (Å²) in [5, 5.41) is 21.7. The number of phenolic OH excluding ortho intramolecular Hbond substituents is 2. The number of rotatable bonds is 2. The number of benzene rings is 2. The van der Waals surface area contributed by atoms with Gasteiger partial charge in [0.25, 0.3) is 0 Å². The van der Waals surface area contributed by atoms with E-state index in [9.17, 15) is 10.2 Å². The van der Waals surface area contributed by atoms with Crippen LogP contribution in [0, 0.1) is 0 Å². The lowest BCUT2D eigenvalue weighted by Gasteiger charge is -2.08. The van der Waals surface area contributed by atoms with Crippen molar-refractivity contribution in [3.05, 3.63) is 42.5 Å². The average Bonchev–Trinajstić information content (AvgIpc) is 2.24. The minimum atomic E-state index is 0.0325. The quantitative estimate of drug-likeness (QED) is 0.459. The Labute approximate surface area is 93.0 Å². The van der Waals surface area contributed by atoms with E-state index in [4.69, 9.17) is 5.73 Å². The monoisotopic (exact) mass is 216 g/mol. The van der Waals surface area contributed by atoms with Crippen LogP contribution in [0.1, 0.15) is 0 Å². The molecule has 0 saturated carbocycles. The number of aromatic hydroxyl groups is 2. The van der Waals surface area contributed by atoms with Gasteiger partial charge < -0.3 is 21.3 Å². The van der Waals surface area contributed by atoms with Gasteiger partial charge in [-0.3, -0.25) is 0 Å². The molecule has 0 atom stereocenters. The van der Waals surface area contributed by atoms with Crippen molar-refractivity contribution in [3.63, 3.8) is 0 Å². The summed E-state index contributed by atoms with van der Waals surface area (Å²) in [6.45, 7) is 0. The van der Waals surface area contributed by atoms with Crippen LogP contribution in [0.4, 0.5) is 17.1 Å². The molecule has 16 heavy (non-hydrogen) atoms. The molecule has 4 heteroatoms. The third-order valence-electron chi connectivity index (χ3n) is 2.17. The van der Waals surface area contributed by atoms with Gasteiger partial charge in [-0.2, -0.15) is 0 Å². The van der Waals surface area contributed by atoms with E-state index in [-0.39, 0.29) is 11.5 Å². The fourth-order valence-corrected chi connectivity index (χ4v) is 1.37. The summed E-state index contributed by atoms with van der Waals surface area (Å²) in [7, 11) is 0. The van der Waals surface area contributed by atoms with E-state index in [1.165, 1.54) is 6.07 Å². The molecule has 2 rings (SSSR count). The van der Waals surface area contributed by atoms with Gasteiger partial charge in [0, 0.05) is 23.5 Å². The van der Waals surface area contributed by atoms with Crippen LogP contribution in [0.5, 0.6) is 11.5 Å². The molecule has 0 aliphatic carbocycles. The molecule has 0 aliphatic rings. The van der Waals surface area contributed by atoms with Crippen molar-refractivity contribution in [2.24, 2.45) is 0 Å². The molecule has 82 valence electrons. The molecule has 0 spiro atoms. The largest absolute Gasteiger partial charge is 0.508 e. The number of hydrogen-bond acceptors (Lipinski definition) is 4. The second-order valence-electron chi connectivity index (χ2n) is 3.45. The Bertz CT molecular complexity index is 512. The Morgan fingerprint density at radius 1 is 0.938 bits per heavy atom. The lowest BCUT2D eigenvalue weighted by molar-refractivity contribution is 0.475. The maximum absolute atomic E-state index is 9.42. The van der Waals surface area contributed by atoms with Gasteiger partial charge in [-0.1, -0.05) is 6.07 Å². The van der Waals surface area contributed by atoms with Crippen molar-refractivity contribution in [1.82, 2.24) is 0 Å². The molecule has 4 nitrogen and oxygen atoms in total. The van der Waals surface area contributed by atoms with Crippen LogP contribution in [0.2, 0.25) is 0 Å². The molecule has 0 amide bonds. The third-order valence-corrected chi connectivity index (χ3v) is 2.17. The van der Waals surface area contributed by atoms with Gasteiger partial charge in [-0.25, -0.2) is 0 Å². The fraction of sp³-hybridized carbons (Fsp3) is 0. The van der Waals surface area contributed by atoms with Gasteiger partial charge in [0.15, 0.2) is 0 Å². The molecule has 2 aromatic rings. The lowest BCUT2D eigenvalue weighted by Crippen LogP contribution is -1.91. The molecule has 5 N–H and O–H groups in total. The Hall–Kier alpha value is -2.36. The third kappa shape index (κ3) is 2.17. The summed E-state index contributed by atoms with van der Waals surface area (Å²) in [6.07, 6.45) is 0. The standard InChI is InChI=1S/C12H12N2O2/c13-11-5-4-9(7-12(11)16)14-8-2-1-3-10(15)6-8/h1-7,14-16H,13H2. The van der Waals surface area contributed by atoms with Crippen LogP contribution in [0.15, 0.2) is 42.5 Å². The number of nitrogens with one attached hydrogen (secondary N) is 1. The maximum atomic E-state index is 9.42. The first-order chi connectivity index (χ1) is 7.65. The first-order valence-electron chi connectivity index (χ1n) is 4.80. The highest BCUT2D eigenvalue weighted by Crippen LogP contribution is 2.26. The predicted octanol–water partition coefficient (Wildman–Crippen LogP) is 2.42. The van der Waals surface area contributed by atoms with Crippen molar-refractivity contribution in [2.45, 2.75) is 0 Å². The van der Waals surface area contributed by atoms with E-state index in [2.05, 4.69) is 5.32 Å². The van der Waals surface area contributed by atoms with Crippen LogP contribution in [0.25, 0.3) is 0 Å². The fourth-order valence-electron chi connectivity index (χ4n) is 1.37. The van der Waals surface area contributed by atoms with Gasteiger partial charge in [0.2, 0.25) is 0 Å². The SMILES string of the molecule is Nc1ccc(Nc2cccc(O)c2)cc1O. The summed E-state index contributed by atoms with van der Waals surface area (Å²) in [6, 6.07) is 11.6. The molecule has 2 aromatic carbocycles. The van der Waals surface area contributed by atoms with Crippen molar-refractivity contribution < 1.29 is 10.2 Å². The number of nitrogen functional groups attached to an aromatic ring is 1. The van der Waals surface area contributed by atoms with E-state index in [1.807, 2.05) is 6.07 Å². The highest BCUT2D eigenvalue weighted by Gasteiger charge is 2.00. The van der Waals surface area contributed by atoms with E-state index in [1.54, 1.807) is 30.3 Å². The molecule has 0 bridgehead atoms. The van der Waals surface area contributed by atoms with Crippen molar-refractivity contribution in [2.75, 3.05) is 11.1 Å². The second kappa shape index (κ2) is 4.02. The highest BCUT2D eigenvalue weighted by molar-refractivity contribution is 5.66. The van der Waals surface area contributed by atoms with Crippen LogP contribution in [-0.2, 0) is 0 Å². The van der Waals surface area contributed by atoms with Crippen LogP contribution in [0.3, 0.4) is 0 Å². The Morgan fingerprint density at radius 2 is 1.69 bits per heavy atom. The van der Waals surface area contributed by atoms with Gasteiger partial charge in [-0.05, 0) is 24.3 Å². The summed E-state index contributed by atoms with van der Waals surface area (Å²) >= 11 is 0. The molecule has 0 aromatic heterocycles. The molecule has 0 saturated heterocycles. The second-order valence-corrected chi connectivity index (χ2v) is 3.45. The average molecular weight is 216 g/mol. The Morgan fingerprint density at radius 3 is 2.38 bits per heavy atom. The molecule has 0 fully saturated rings. The topological polar surface area (TPSA) is 78.5 Å². The predicted molar refractivity (Wildman–Crippen MR) is 63.9 cm³/mol. The normalized spacial score (nSPS) is 10.0. The van der Waals surface area contributed by atoms with Crippen LogP contribution >= 0.6 is 0 Å². The van der Waals surface area contributed by atoms with Crippen LogP contribution < -0.4 is 11.1 Å². The van der Waals surface area contributed by atoms with E-state index in [0.29, 0.717) is 11.4 Å². The van der Waals surface area contributed by atoms with Crippen molar-refractivity contribution in [3.8, 4) is 11.5 Å². The van der Waals surface area contributed by atoms with Gasteiger partial charge >= 0.3 is 0 Å². The molecular weight excluding hydrogens is 204 g/mol. The molecular formula is C12H12N2O2. The van der Waals surface area contributed by atoms with Gasteiger partial charge in [0.05, 0.1) is 5.69 Å². The first-order valence-corrected chi connectivity index (χ1v) is 4.80. The zero-order valence-corrected chi connectivity index (χ0v) is 8.51. The Balaban J connectivity index is 2.24. The molecule has 0 radical (unpaired) electrons. The smallest absolute Gasteiger partial charge is 0.140 e. The zero-order chi connectivity index (χ0) is 11.5. The summed E-state index contributed by atoms with van der Waals surface area (Å²) in [4.78, 5) is 0. The minimum absolute atomic E-state index is 0.0325. The van der Waals surface area contributed by atoms with Crippen molar-refractivity contribution >= 4 is 17.1 Å². The van der Waals surface area contributed by atoms with Gasteiger partial charge in [0.1, 0.15) is 11.5 Å². The minimum Gasteiger partial charge on any atom is -0.508 e. The maximum Gasteiger partial charge on any atom is 0.140 e. The van der Waals surface area contributed by atoms with E-state index >= 15 is 0 Å². The van der Waals surface area contributed by atoms with Crippen molar-refractivity contribution in [1.29, 1.82) is 0 Å². The van der Waals surface area contributed by atoms with Gasteiger partial charge in [-0.15, -0.1) is 0 Å². The highest BCUT2D eigenvalue weighted by atomic mass is 16.3. The number of nitrogens with two attached hydrogens (primary N) is 1. The zero-order valence-electron chi connectivity index (χ0n) is 8.51. The molecule has 0 heterocycles. The number of phenols is 2. The molecule has 0 unspecified atom stereocenters. The van der Waals surface area contributed by atoms with Crippen LogP contribution in [-0.4, -0.2) is 10.2 Å². The lowest BCUT2D eigenvalue weighted by atomic mass is 10.2. The summed E-state index contributed by atoms with van der Waals surface area (Å²) < 4.78 is 0. The molecule has 0 aliphatic heterocycles. The summed E-state index contributed by atoms with van der Waals surface area (Å²) in [5.74, 6) is 0.217. The van der Waals surface area contributed by atoms with E-state index < -0.39 is 0 Å².